The summed E-state index contributed by atoms with van der Waals surface area (Å²) in [6, 6.07) is 0. The second kappa shape index (κ2) is 5.38. The molecule has 1 saturated carbocycles. The topological polar surface area (TPSA) is 87.7 Å². The van der Waals surface area contributed by atoms with Gasteiger partial charge in [0.15, 0.2) is 5.84 Å². The first-order valence-corrected chi connectivity index (χ1v) is 7.31. The van der Waals surface area contributed by atoms with E-state index in [0.717, 1.165) is 0 Å². The fourth-order valence-electron chi connectivity index (χ4n) is 2.27. The van der Waals surface area contributed by atoms with Crippen LogP contribution in [0, 0.1) is 11.3 Å². The van der Waals surface area contributed by atoms with E-state index in [1.807, 2.05) is 6.26 Å². The van der Waals surface area contributed by atoms with Crippen molar-refractivity contribution in [3.05, 3.63) is 0 Å². The minimum Gasteiger partial charge on any atom is -0.409 e. The van der Waals surface area contributed by atoms with Gasteiger partial charge in [0.05, 0.1) is 0 Å². The average molecular weight is 273 g/mol. The quantitative estimate of drug-likeness (QED) is 0.306. The molecule has 0 aromatic heterocycles. The molecule has 1 amide bonds. The number of nitrogens with one attached hydrogen (secondary N) is 1. The van der Waals surface area contributed by atoms with Crippen molar-refractivity contribution in [3.63, 3.8) is 0 Å². The third-order valence-electron chi connectivity index (χ3n) is 3.65. The van der Waals surface area contributed by atoms with Crippen LogP contribution in [0.25, 0.3) is 0 Å². The van der Waals surface area contributed by atoms with E-state index in [-0.39, 0.29) is 16.5 Å². The summed E-state index contributed by atoms with van der Waals surface area (Å²) in [5.74, 6) is 0.336. The van der Waals surface area contributed by atoms with E-state index < -0.39 is 5.41 Å². The number of amidine groups is 1. The number of amides is 1. The summed E-state index contributed by atoms with van der Waals surface area (Å²) in [5.41, 5.74) is 4.88. The van der Waals surface area contributed by atoms with Crippen LogP contribution < -0.4 is 11.1 Å². The molecule has 1 fully saturated rings. The minimum atomic E-state index is -0.803. The SMILES string of the molecule is CSC(C)(C)CNC(=O)C1(C(N)=NO)CC(C)C1. The lowest BCUT2D eigenvalue weighted by Crippen LogP contribution is -2.57. The predicted molar refractivity (Wildman–Crippen MR) is 74.8 cm³/mol. The van der Waals surface area contributed by atoms with Crippen molar-refractivity contribution in [2.24, 2.45) is 22.2 Å². The fourth-order valence-corrected chi connectivity index (χ4v) is 2.49. The van der Waals surface area contributed by atoms with Crippen molar-refractivity contribution < 1.29 is 10.0 Å². The molecule has 0 atom stereocenters. The number of carbonyl (C=O) groups excluding carboxylic acids is 1. The Kier molecular flexibility index (Phi) is 4.53. The molecule has 6 heteroatoms. The molecule has 0 bridgehead atoms. The lowest BCUT2D eigenvalue weighted by molar-refractivity contribution is -0.133. The van der Waals surface area contributed by atoms with Gasteiger partial charge in [0.25, 0.3) is 0 Å². The molecule has 0 aromatic rings. The van der Waals surface area contributed by atoms with Gasteiger partial charge in [-0.25, -0.2) is 0 Å². The average Bonchev–Trinajstić information content (AvgIpc) is 2.30. The fraction of sp³-hybridized carbons (Fsp3) is 0.833. The van der Waals surface area contributed by atoms with Crippen LogP contribution in [0.15, 0.2) is 5.16 Å². The predicted octanol–water partition coefficient (Wildman–Crippen LogP) is 1.41. The summed E-state index contributed by atoms with van der Waals surface area (Å²) in [7, 11) is 0. The van der Waals surface area contributed by atoms with E-state index in [1.54, 1.807) is 11.8 Å². The lowest BCUT2D eigenvalue weighted by atomic mass is 9.61. The Morgan fingerprint density at radius 3 is 2.56 bits per heavy atom. The first-order chi connectivity index (χ1) is 8.27. The standard InChI is InChI=1S/C12H23N3O2S/c1-8-5-12(6-8,9(13)15-17)10(16)14-7-11(2,3)18-4/h8,17H,5-7H2,1-4H3,(H2,13,15)(H,14,16). The molecule has 0 heterocycles. The van der Waals surface area contributed by atoms with Gasteiger partial charge in [-0.15, -0.1) is 0 Å². The van der Waals surface area contributed by atoms with Crippen LogP contribution in [0.5, 0.6) is 0 Å². The molecule has 1 aliphatic carbocycles. The van der Waals surface area contributed by atoms with Crippen molar-refractivity contribution >= 4 is 23.5 Å². The van der Waals surface area contributed by atoms with E-state index in [9.17, 15) is 4.79 Å². The summed E-state index contributed by atoms with van der Waals surface area (Å²) in [4.78, 5) is 12.3. The first-order valence-electron chi connectivity index (χ1n) is 6.09. The van der Waals surface area contributed by atoms with Crippen molar-refractivity contribution in [1.29, 1.82) is 0 Å². The second-order valence-corrected chi connectivity index (χ2v) is 7.24. The maximum atomic E-state index is 12.3. The van der Waals surface area contributed by atoms with Crippen LogP contribution in [0.3, 0.4) is 0 Å². The zero-order chi connectivity index (χ0) is 14.0. The normalized spacial score (nSPS) is 28.7. The highest BCUT2D eigenvalue weighted by atomic mass is 32.2. The van der Waals surface area contributed by atoms with Crippen LogP contribution in [-0.4, -0.2) is 34.5 Å². The lowest BCUT2D eigenvalue weighted by Gasteiger charge is -2.44. The van der Waals surface area contributed by atoms with Crippen LogP contribution >= 0.6 is 11.8 Å². The highest BCUT2D eigenvalue weighted by molar-refractivity contribution is 7.99. The van der Waals surface area contributed by atoms with Crippen LogP contribution in [-0.2, 0) is 4.79 Å². The molecule has 0 aromatic carbocycles. The van der Waals surface area contributed by atoms with E-state index in [2.05, 4.69) is 31.2 Å². The molecule has 0 radical (unpaired) electrons. The number of carbonyl (C=O) groups is 1. The van der Waals surface area contributed by atoms with Crippen molar-refractivity contribution in [2.75, 3.05) is 12.8 Å². The second-order valence-electron chi connectivity index (χ2n) is 5.73. The molecular formula is C12H23N3O2S. The van der Waals surface area contributed by atoms with Gasteiger partial charge < -0.3 is 16.3 Å². The zero-order valence-electron chi connectivity index (χ0n) is 11.5. The number of rotatable bonds is 5. The Hall–Kier alpha value is -0.910. The van der Waals surface area contributed by atoms with Gasteiger partial charge in [-0.1, -0.05) is 12.1 Å². The first kappa shape index (κ1) is 15.1. The van der Waals surface area contributed by atoms with Crippen molar-refractivity contribution in [3.8, 4) is 0 Å². The maximum absolute atomic E-state index is 12.3. The van der Waals surface area contributed by atoms with Gasteiger partial charge in [-0.3, -0.25) is 4.79 Å². The van der Waals surface area contributed by atoms with Crippen molar-refractivity contribution in [1.82, 2.24) is 5.32 Å². The summed E-state index contributed by atoms with van der Waals surface area (Å²) >= 11 is 1.69. The van der Waals surface area contributed by atoms with Gasteiger partial charge in [0, 0.05) is 11.3 Å². The molecule has 4 N–H and O–H groups in total. The number of nitrogens with two attached hydrogens (primary N) is 1. The van der Waals surface area contributed by atoms with E-state index in [4.69, 9.17) is 10.9 Å². The van der Waals surface area contributed by atoms with Gasteiger partial charge in [-0.2, -0.15) is 11.8 Å². The zero-order valence-corrected chi connectivity index (χ0v) is 12.3. The third-order valence-corrected chi connectivity index (χ3v) is 4.90. The highest BCUT2D eigenvalue weighted by Crippen LogP contribution is 2.45. The number of nitrogens with zero attached hydrogens (tertiary/aromatic N) is 1. The van der Waals surface area contributed by atoms with Gasteiger partial charge in [0.1, 0.15) is 5.41 Å². The molecule has 18 heavy (non-hydrogen) atoms. The van der Waals surface area contributed by atoms with Crippen LogP contribution in [0.2, 0.25) is 0 Å². The molecule has 0 unspecified atom stereocenters. The van der Waals surface area contributed by atoms with Gasteiger partial charge in [0.2, 0.25) is 5.91 Å². The van der Waals surface area contributed by atoms with Gasteiger partial charge >= 0.3 is 0 Å². The Bertz CT molecular complexity index is 349. The van der Waals surface area contributed by atoms with Gasteiger partial charge in [-0.05, 0) is 38.9 Å². The molecule has 5 nitrogen and oxygen atoms in total. The smallest absolute Gasteiger partial charge is 0.234 e. The van der Waals surface area contributed by atoms with Crippen LogP contribution in [0.4, 0.5) is 0 Å². The molecule has 0 aliphatic heterocycles. The Labute approximate surface area is 113 Å². The molecule has 0 saturated heterocycles. The third kappa shape index (κ3) is 2.91. The number of oxime groups is 1. The Balaban J connectivity index is 2.69. The monoisotopic (exact) mass is 273 g/mol. The van der Waals surface area contributed by atoms with Crippen LogP contribution in [0.1, 0.15) is 33.6 Å². The number of thioether (sulfide) groups is 1. The number of hydrogen-bond acceptors (Lipinski definition) is 4. The minimum absolute atomic E-state index is 0.0165. The number of hydrogen-bond donors (Lipinski definition) is 3. The summed E-state index contributed by atoms with van der Waals surface area (Å²) in [6.45, 7) is 6.76. The van der Waals surface area contributed by atoms with E-state index in [1.165, 1.54) is 0 Å². The summed E-state index contributed by atoms with van der Waals surface area (Å²) < 4.78 is -0.0165. The largest absolute Gasteiger partial charge is 0.409 e. The Morgan fingerprint density at radius 2 is 2.17 bits per heavy atom. The maximum Gasteiger partial charge on any atom is 0.234 e. The van der Waals surface area contributed by atoms with E-state index in [0.29, 0.717) is 25.3 Å². The molecule has 1 rings (SSSR count). The van der Waals surface area contributed by atoms with E-state index >= 15 is 0 Å². The Morgan fingerprint density at radius 1 is 1.61 bits per heavy atom. The molecular weight excluding hydrogens is 250 g/mol. The molecule has 1 aliphatic rings. The molecule has 0 spiro atoms. The van der Waals surface area contributed by atoms with Crippen molar-refractivity contribution in [2.45, 2.75) is 38.4 Å². The highest BCUT2D eigenvalue weighted by Gasteiger charge is 2.52. The summed E-state index contributed by atoms with van der Waals surface area (Å²) in [6.07, 6.45) is 3.31. The summed E-state index contributed by atoms with van der Waals surface area (Å²) in [5, 5.41) is 14.8. The molecule has 104 valence electrons.